The molecule has 1 aromatic heterocycles. The van der Waals surface area contributed by atoms with Crippen molar-refractivity contribution in [3.05, 3.63) is 52.8 Å². The summed E-state index contributed by atoms with van der Waals surface area (Å²) in [6.07, 6.45) is 3.59. The Morgan fingerprint density at radius 2 is 2.00 bits per heavy atom. The van der Waals surface area contributed by atoms with Gasteiger partial charge in [0.2, 0.25) is 0 Å². The van der Waals surface area contributed by atoms with Gasteiger partial charge in [-0.05, 0) is 46.6 Å². The van der Waals surface area contributed by atoms with Crippen molar-refractivity contribution in [2.24, 2.45) is 5.92 Å². The van der Waals surface area contributed by atoms with Gasteiger partial charge in [0.05, 0.1) is 4.47 Å². The molecule has 0 fully saturated rings. The highest BCUT2D eigenvalue weighted by Crippen LogP contribution is 2.30. The topological polar surface area (TPSA) is 34.2 Å². The van der Waals surface area contributed by atoms with Gasteiger partial charge >= 0.3 is 0 Å². The van der Waals surface area contributed by atoms with Crippen LogP contribution in [0.25, 0.3) is 0 Å². The Labute approximate surface area is 128 Å². The number of para-hydroxylation sites is 1. The summed E-state index contributed by atoms with van der Waals surface area (Å²) in [5.74, 6) is 2.27. The molecule has 2 aromatic rings. The normalized spacial score (nSPS) is 10.8. The number of nitrogens with one attached hydrogen (secondary N) is 1. The number of hydrogen-bond acceptors (Lipinski definition) is 3. The maximum atomic E-state index is 5.97. The number of hydrogen-bond donors (Lipinski definition) is 1. The molecule has 0 radical (unpaired) electrons. The van der Waals surface area contributed by atoms with Gasteiger partial charge in [0, 0.05) is 24.5 Å². The summed E-state index contributed by atoms with van der Waals surface area (Å²) in [5.41, 5.74) is 1.06. The van der Waals surface area contributed by atoms with Gasteiger partial charge in [-0.1, -0.05) is 26.0 Å². The second-order valence-corrected chi connectivity index (χ2v) is 5.89. The van der Waals surface area contributed by atoms with Crippen LogP contribution in [0.15, 0.2) is 47.2 Å². The van der Waals surface area contributed by atoms with Gasteiger partial charge in [-0.3, -0.25) is 4.98 Å². The van der Waals surface area contributed by atoms with E-state index in [9.17, 15) is 0 Å². The van der Waals surface area contributed by atoms with E-state index >= 15 is 0 Å². The zero-order valence-electron chi connectivity index (χ0n) is 11.8. The third kappa shape index (κ3) is 4.32. The summed E-state index contributed by atoms with van der Waals surface area (Å²) in [6, 6.07) is 9.72. The maximum Gasteiger partial charge on any atom is 0.141 e. The fourth-order valence-electron chi connectivity index (χ4n) is 1.79. The van der Waals surface area contributed by atoms with Crippen LogP contribution in [-0.2, 0) is 6.54 Å². The van der Waals surface area contributed by atoms with Gasteiger partial charge in [-0.2, -0.15) is 0 Å². The quantitative estimate of drug-likeness (QED) is 0.851. The van der Waals surface area contributed by atoms with E-state index in [1.165, 1.54) is 0 Å². The monoisotopic (exact) mass is 334 g/mol. The fraction of sp³-hybridized carbons (Fsp3) is 0.312. The van der Waals surface area contributed by atoms with Crippen LogP contribution in [-0.4, -0.2) is 11.5 Å². The molecule has 0 saturated carbocycles. The lowest BCUT2D eigenvalue weighted by Gasteiger charge is -2.13. The van der Waals surface area contributed by atoms with Crippen molar-refractivity contribution >= 4 is 15.9 Å². The van der Waals surface area contributed by atoms with Gasteiger partial charge in [0.25, 0.3) is 0 Å². The Morgan fingerprint density at radius 3 is 2.75 bits per heavy atom. The van der Waals surface area contributed by atoms with Crippen molar-refractivity contribution in [2.45, 2.75) is 20.4 Å². The second kappa shape index (κ2) is 7.41. The summed E-state index contributed by atoms with van der Waals surface area (Å²) in [4.78, 5) is 4.18. The zero-order chi connectivity index (χ0) is 14.4. The SMILES string of the molecule is CC(C)CNCc1cnccc1Oc1ccccc1Br. The van der Waals surface area contributed by atoms with Crippen LogP contribution in [0.1, 0.15) is 19.4 Å². The van der Waals surface area contributed by atoms with E-state index in [0.717, 1.165) is 34.6 Å². The van der Waals surface area contributed by atoms with E-state index in [2.05, 4.69) is 40.1 Å². The molecule has 0 bridgehead atoms. The molecule has 1 N–H and O–H groups in total. The molecule has 0 saturated heterocycles. The molecular formula is C16H19BrN2O. The largest absolute Gasteiger partial charge is 0.456 e. The molecule has 0 spiro atoms. The highest BCUT2D eigenvalue weighted by Gasteiger charge is 2.07. The van der Waals surface area contributed by atoms with E-state index in [1.807, 2.05) is 36.5 Å². The number of ether oxygens (including phenoxy) is 1. The lowest BCUT2D eigenvalue weighted by molar-refractivity contribution is 0.465. The molecule has 20 heavy (non-hydrogen) atoms. The molecule has 106 valence electrons. The van der Waals surface area contributed by atoms with Gasteiger partial charge in [0.15, 0.2) is 0 Å². The molecule has 0 aliphatic heterocycles. The average molecular weight is 335 g/mol. The summed E-state index contributed by atoms with van der Waals surface area (Å²) < 4.78 is 6.91. The molecule has 0 aliphatic rings. The Bertz CT molecular complexity index is 558. The molecule has 0 unspecified atom stereocenters. The summed E-state index contributed by atoms with van der Waals surface area (Å²) in [5, 5.41) is 3.41. The minimum atomic E-state index is 0.624. The van der Waals surface area contributed by atoms with E-state index in [-0.39, 0.29) is 0 Å². The third-order valence-electron chi connectivity index (χ3n) is 2.78. The number of halogens is 1. The maximum absolute atomic E-state index is 5.97. The lowest BCUT2D eigenvalue weighted by Crippen LogP contribution is -2.19. The highest BCUT2D eigenvalue weighted by molar-refractivity contribution is 9.10. The van der Waals surface area contributed by atoms with E-state index in [4.69, 9.17) is 4.74 Å². The standard InChI is InChI=1S/C16H19BrN2O/c1-12(2)9-19-11-13-10-18-8-7-15(13)20-16-6-4-3-5-14(16)17/h3-8,10,12,19H,9,11H2,1-2H3. The van der Waals surface area contributed by atoms with Crippen LogP contribution >= 0.6 is 15.9 Å². The van der Waals surface area contributed by atoms with E-state index in [0.29, 0.717) is 5.92 Å². The van der Waals surface area contributed by atoms with Gasteiger partial charge < -0.3 is 10.1 Å². The molecule has 0 aliphatic carbocycles. The first-order chi connectivity index (χ1) is 9.66. The van der Waals surface area contributed by atoms with Crippen LogP contribution in [0.5, 0.6) is 11.5 Å². The number of benzene rings is 1. The summed E-state index contributed by atoms with van der Waals surface area (Å²) in [6.45, 7) is 6.11. The van der Waals surface area contributed by atoms with Crippen molar-refractivity contribution in [3.63, 3.8) is 0 Å². The lowest BCUT2D eigenvalue weighted by atomic mass is 10.2. The smallest absolute Gasteiger partial charge is 0.141 e. The summed E-state index contributed by atoms with van der Waals surface area (Å²) >= 11 is 3.49. The molecule has 1 heterocycles. The van der Waals surface area contributed by atoms with E-state index < -0.39 is 0 Å². The van der Waals surface area contributed by atoms with Crippen molar-refractivity contribution in [1.29, 1.82) is 0 Å². The molecule has 1 aromatic carbocycles. The van der Waals surface area contributed by atoms with Crippen molar-refractivity contribution in [2.75, 3.05) is 6.54 Å². The average Bonchev–Trinajstić information content (AvgIpc) is 2.43. The molecule has 3 nitrogen and oxygen atoms in total. The number of rotatable bonds is 6. The first-order valence-corrected chi connectivity index (χ1v) is 7.52. The summed E-state index contributed by atoms with van der Waals surface area (Å²) in [7, 11) is 0. The van der Waals surface area contributed by atoms with Crippen LogP contribution in [0.2, 0.25) is 0 Å². The van der Waals surface area contributed by atoms with Crippen molar-refractivity contribution in [3.8, 4) is 11.5 Å². The van der Waals surface area contributed by atoms with E-state index in [1.54, 1.807) is 6.20 Å². The Morgan fingerprint density at radius 1 is 1.20 bits per heavy atom. The predicted octanol–water partition coefficient (Wildman–Crippen LogP) is 4.38. The van der Waals surface area contributed by atoms with Gasteiger partial charge in [0.1, 0.15) is 11.5 Å². The third-order valence-corrected chi connectivity index (χ3v) is 3.44. The Kier molecular flexibility index (Phi) is 5.56. The van der Waals surface area contributed by atoms with Crippen LogP contribution in [0, 0.1) is 5.92 Å². The first-order valence-electron chi connectivity index (χ1n) is 6.73. The Hall–Kier alpha value is -1.39. The number of nitrogens with zero attached hydrogens (tertiary/aromatic N) is 1. The van der Waals surface area contributed by atoms with Crippen LogP contribution in [0.3, 0.4) is 0 Å². The second-order valence-electron chi connectivity index (χ2n) is 5.04. The van der Waals surface area contributed by atoms with Crippen molar-refractivity contribution in [1.82, 2.24) is 10.3 Å². The molecular weight excluding hydrogens is 316 g/mol. The van der Waals surface area contributed by atoms with Gasteiger partial charge in [-0.25, -0.2) is 0 Å². The van der Waals surface area contributed by atoms with Gasteiger partial charge in [-0.15, -0.1) is 0 Å². The van der Waals surface area contributed by atoms with Crippen molar-refractivity contribution < 1.29 is 4.74 Å². The zero-order valence-corrected chi connectivity index (χ0v) is 13.4. The predicted molar refractivity (Wildman–Crippen MR) is 85.0 cm³/mol. The minimum Gasteiger partial charge on any atom is -0.456 e. The molecule has 0 amide bonds. The highest BCUT2D eigenvalue weighted by atomic mass is 79.9. The molecule has 4 heteroatoms. The molecule has 2 rings (SSSR count). The molecule has 0 atom stereocenters. The first kappa shape index (κ1) is 15.0. The van der Waals surface area contributed by atoms with Crippen LogP contribution < -0.4 is 10.1 Å². The van der Waals surface area contributed by atoms with Crippen LogP contribution in [0.4, 0.5) is 0 Å². The number of aromatic nitrogens is 1. The number of pyridine rings is 1. The minimum absolute atomic E-state index is 0.624. The Balaban J connectivity index is 2.10. The fourth-order valence-corrected chi connectivity index (χ4v) is 2.15.